The van der Waals surface area contributed by atoms with Gasteiger partial charge in [0, 0.05) is 17.2 Å². The van der Waals surface area contributed by atoms with Gasteiger partial charge in [-0.05, 0) is 19.9 Å². The van der Waals surface area contributed by atoms with E-state index in [1.807, 2.05) is 0 Å². The quantitative estimate of drug-likeness (QED) is 0.833. The Balaban J connectivity index is 3.50. The largest absolute Gasteiger partial charge is 0.496 e. The van der Waals surface area contributed by atoms with Gasteiger partial charge in [0.2, 0.25) is 0 Å². The molecule has 3 N–H and O–H groups in total. The molecule has 1 aromatic rings. The number of aromatic carboxylic acids is 1. The van der Waals surface area contributed by atoms with Gasteiger partial charge in [0.1, 0.15) is 17.1 Å². The van der Waals surface area contributed by atoms with Crippen molar-refractivity contribution in [1.82, 2.24) is 0 Å². The van der Waals surface area contributed by atoms with E-state index < -0.39 is 11.5 Å². The Morgan fingerprint density at radius 1 is 1.24 bits per heavy atom. The zero-order chi connectivity index (χ0) is 13.2. The number of nitrogens with two attached hydrogens (primary N) is 1. The molecule has 5 heteroatoms. The van der Waals surface area contributed by atoms with Crippen molar-refractivity contribution >= 4 is 5.97 Å². The Labute approximate surface area is 100 Å². The first-order valence-corrected chi connectivity index (χ1v) is 5.10. The zero-order valence-corrected chi connectivity index (χ0v) is 10.4. The second kappa shape index (κ2) is 4.63. The molecule has 0 saturated heterocycles. The molecule has 0 radical (unpaired) electrons. The second-order valence-corrected chi connectivity index (χ2v) is 4.28. The molecule has 94 valence electrons. The third-order valence-electron chi connectivity index (χ3n) is 2.45. The zero-order valence-electron chi connectivity index (χ0n) is 10.4. The van der Waals surface area contributed by atoms with Crippen LogP contribution in [0.25, 0.3) is 0 Å². The third kappa shape index (κ3) is 2.68. The molecule has 0 heterocycles. The van der Waals surface area contributed by atoms with E-state index in [9.17, 15) is 4.79 Å². The van der Waals surface area contributed by atoms with E-state index in [1.54, 1.807) is 13.8 Å². The summed E-state index contributed by atoms with van der Waals surface area (Å²) in [7, 11) is 2.92. The molecular formula is C12H17NO4. The van der Waals surface area contributed by atoms with Crippen molar-refractivity contribution < 1.29 is 19.4 Å². The predicted octanol–water partition coefficient (Wildman–Crippen LogP) is 1.60. The molecule has 0 unspecified atom stereocenters. The van der Waals surface area contributed by atoms with Gasteiger partial charge in [-0.25, -0.2) is 4.79 Å². The molecule has 0 atom stereocenters. The van der Waals surface area contributed by atoms with Gasteiger partial charge in [0.05, 0.1) is 14.2 Å². The fourth-order valence-electron chi connectivity index (χ4n) is 1.57. The molecule has 1 rings (SSSR count). The van der Waals surface area contributed by atoms with Gasteiger partial charge in [-0.15, -0.1) is 0 Å². The van der Waals surface area contributed by atoms with Crippen LogP contribution in [-0.2, 0) is 5.54 Å². The van der Waals surface area contributed by atoms with Gasteiger partial charge < -0.3 is 20.3 Å². The van der Waals surface area contributed by atoms with Crippen LogP contribution >= 0.6 is 0 Å². The molecular weight excluding hydrogens is 222 g/mol. The van der Waals surface area contributed by atoms with Crippen molar-refractivity contribution in [3.8, 4) is 11.5 Å². The minimum absolute atomic E-state index is 0.0711. The lowest BCUT2D eigenvalue weighted by atomic mass is 9.92. The molecule has 0 spiro atoms. The Morgan fingerprint density at radius 2 is 1.76 bits per heavy atom. The summed E-state index contributed by atoms with van der Waals surface area (Å²) in [5.74, 6) is -0.295. The maximum Gasteiger partial charge on any atom is 0.339 e. The normalized spacial score (nSPS) is 11.1. The summed E-state index contributed by atoms with van der Waals surface area (Å²) < 4.78 is 10.2. The molecule has 1 aromatic carbocycles. The van der Waals surface area contributed by atoms with Crippen LogP contribution in [0.3, 0.4) is 0 Å². The van der Waals surface area contributed by atoms with E-state index in [0.29, 0.717) is 11.3 Å². The van der Waals surface area contributed by atoms with Crippen LogP contribution in [0, 0.1) is 0 Å². The smallest absolute Gasteiger partial charge is 0.339 e. The Kier molecular flexibility index (Phi) is 3.63. The van der Waals surface area contributed by atoms with Crippen LogP contribution in [0.2, 0.25) is 0 Å². The highest BCUT2D eigenvalue weighted by atomic mass is 16.5. The van der Waals surface area contributed by atoms with Crippen molar-refractivity contribution in [3.63, 3.8) is 0 Å². The van der Waals surface area contributed by atoms with Gasteiger partial charge in [-0.3, -0.25) is 0 Å². The average molecular weight is 239 g/mol. The molecule has 0 bridgehead atoms. The summed E-state index contributed by atoms with van der Waals surface area (Å²) in [5.41, 5.74) is 5.98. The first-order chi connectivity index (χ1) is 7.81. The van der Waals surface area contributed by atoms with Gasteiger partial charge in [-0.1, -0.05) is 0 Å². The summed E-state index contributed by atoms with van der Waals surface area (Å²) in [6, 6.07) is 3.02. The number of hydrogen-bond donors (Lipinski definition) is 2. The van der Waals surface area contributed by atoms with Crippen LogP contribution in [-0.4, -0.2) is 25.3 Å². The van der Waals surface area contributed by atoms with Crippen molar-refractivity contribution in [2.75, 3.05) is 14.2 Å². The molecule has 17 heavy (non-hydrogen) atoms. The number of carboxylic acid groups (broad SMARTS) is 1. The monoisotopic (exact) mass is 239 g/mol. The van der Waals surface area contributed by atoms with Crippen LogP contribution in [0.15, 0.2) is 12.1 Å². The Morgan fingerprint density at radius 3 is 2.12 bits per heavy atom. The second-order valence-electron chi connectivity index (χ2n) is 4.28. The van der Waals surface area contributed by atoms with Gasteiger partial charge >= 0.3 is 5.97 Å². The average Bonchev–Trinajstić information content (AvgIpc) is 2.25. The SMILES string of the molecule is COc1cc(OC)c(C(C)(C)N)cc1C(=O)O. The van der Waals surface area contributed by atoms with Crippen molar-refractivity contribution in [1.29, 1.82) is 0 Å². The van der Waals surface area contributed by atoms with Crippen molar-refractivity contribution in [3.05, 3.63) is 23.3 Å². The van der Waals surface area contributed by atoms with Crippen LogP contribution in [0.5, 0.6) is 11.5 Å². The molecule has 0 aromatic heterocycles. The summed E-state index contributed by atoms with van der Waals surface area (Å²) in [6.45, 7) is 3.56. The van der Waals surface area contributed by atoms with Gasteiger partial charge in [0.25, 0.3) is 0 Å². The number of carboxylic acids is 1. The van der Waals surface area contributed by atoms with E-state index in [1.165, 1.54) is 26.4 Å². The lowest BCUT2D eigenvalue weighted by molar-refractivity contribution is 0.0693. The maximum atomic E-state index is 11.1. The molecule has 0 aliphatic rings. The number of ether oxygens (including phenoxy) is 2. The molecule has 5 nitrogen and oxygen atoms in total. The minimum Gasteiger partial charge on any atom is -0.496 e. The van der Waals surface area contributed by atoms with E-state index >= 15 is 0 Å². The number of methoxy groups -OCH3 is 2. The highest BCUT2D eigenvalue weighted by Crippen LogP contribution is 2.34. The topological polar surface area (TPSA) is 81.8 Å². The first-order valence-electron chi connectivity index (χ1n) is 5.10. The number of benzene rings is 1. The highest BCUT2D eigenvalue weighted by molar-refractivity contribution is 5.91. The van der Waals surface area contributed by atoms with Crippen LogP contribution in [0.1, 0.15) is 29.8 Å². The van der Waals surface area contributed by atoms with E-state index in [4.69, 9.17) is 20.3 Å². The molecule has 0 saturated carbocycles. The van der Waals surface area contributed by atoms with Gasteiger partial charge in [0.15, 0.2) is 0 Å². The van der Waals surface area contributed by atoms with E-state index in [2.05, 4.69) is 0 Å². The van der Waals surface area contributed by atoms with E-state index in [-0.39, 0.29) is 11.3 Å². The molecule has 0 amide bonds. The standard InChI is InChI=1S/C12H17NO4/c1-12(2,13)8-5-7(11(14)15)9(16-3)6-10(8)17-4/h5-6H,13H2,1-4H3,(H,14,15). The molecule has 0 aliphatic heterocycles. The van der Waals surface area contributed by atoms with Crippen LogP contribution < -0.4 is 15.2 Å². The maximum absolute atomic E-state index is 11.1. The van der Waals surface area contributed by atoms with Crippen molar-refractivity contribution in [2.45, 2.75) is 19.4 Å². The summed E-state index contributed by atoms with van der Waals surface area (Å²) in [4.78, 5) is 11.1. The lowest BCUT2D eigenvalue weighted by Crippen LogP contribution is -2.29. The summed E-state index contributed by atoms with van der Waals surface area (Å²) in [6.07, 6.45) is 0. The first kappa shape index (κ1) is 13.3. The molecule has 0 aliphatic carbocycles. The van der Waals surface area contributed by atoms with Crippen LogP contribution in [0.4, 0.5) is 0 Å². The minimum atomic E-state index is -1.06. The summed E-state index contributed by atoms with van der Waals surface area (Å²) >= 11 is 0. The Bertz CT molecular complexity index is 435. The third-order valence-corrected chi connectivity index (χ3v) is 2.45. The highest BCUT2D eigenvalue weighted by Gasteiger charge is 2.24. The predicted molar refractivity (Wildman–Crippen MR) is 63.7 cm³/mol. The van der Waals surface area contributed by atoms with E-state index in [0.717, 1.165) is 0 Å². The number of rotatable bonds is 4. The fraction of sp³-hybridized carbons (Fsp3) is 0.417. The number of carbonyl (C=O) groups is 1. The Hall–Kier alpha value is -1.75. The fourth-order valence-corrected chi connectivity index (χ4v) is 1.57. The molecule has 0 fully saturated rings. The van der Waals surface area contributed by atoms with Crippen molar-refractivity contribution in [2.24, 2.45) is 5.73 Å². The lowest BCUT2D eigenvalue weighted by Gasteiger charge is -2.23. The number of hydrogen-bond acceptors (Lipinski definition) is 4. The van der Waals surface area contributed by atoms with Gasteiger partial charge in [-0.2, -0.15) is 0 Å². The summed E-state index contributed by atoms with van der Waals surface area (Å²) in [5, 5.41) is 9.09.